The molecule has 19 heavy (non-hydrogen) atoms. The maximum Gasteiger partial charge on any atom is 0.191 e. The SMILES string of the molecule is CC(C)=CO[C@@H]1[C@H]2OC(C)(C)O[C@H]2O[C@@H]1[C@H](O)CO. The van der Waals surface area contributed by atoms with E-state index in [0.29, 0.717) is 0 Å². The highest BCUT2D eigenvalue weighted by atomic mass is 16.8. The summed E-state index contributed by atoms with van der Waals surface area (Å²) in [6, 6.07) is 0. The Balaban J connectivity index is 2.13. The van der Waals surface area contributed by atoms with Crippen molar-refractivity contribution in [3.8, 4) is 0 Å². The topological polar surface area (TPSA) is 77.4 Å². The molecule has 0 unspecified atom stereocenters. The van der Waals surface area contributed by atoms with Crippen LogP contribution in [0.5, 0.6) is 0 Å². The summed E-state index contributed by atoms with van der Waals surface area (Å²) in [7, 11) is 0. The van der Waals surface area contributed by atoms with Crippen molar-refractivity contribution >= 4 is 0 Å². The van der Waals surface area contributed by atoms with E-state index in [1.54, 1.807) is 20.1 Å². The van der Waals surface area contributed by atoms with Crippen molar-refractivity contribution in [3.05, 3.63) is 11.8 Å². The fourth-order valence-corrected chi connectivity index (χ4v) is 2.29. The van der Waals surface area contributed by atoms with Crippen molar-refractivity contribution in [1.29, 1.82) is 0 Å². The third-order valence-electron chi connectivity index (χ3n) is 3.05. The summed E-state index contributed by atoms with van der Waals surface area (Å²) in [4.78, 5) is 0. The second kappa shape index (κ2) is 5.38. The van der Waals surface area contributed by atoms with Gasteiger partial charge in [-0.05, 0) is 33.3 Å². The molecule has 0 bridgehead atoms. The Kier molecular flexibility index (Phi) is 4.17. The number of hydrogen-bond acceptors (Lipinski definition) is 6. The highest BCUT2D eigenvalue weighted by molar-refractivity contribution is 4.99. The molecule has 5 atom stereocenters. The Morgan fingerprint density at radius 1 is 1.37 bits per heavy atom. The van der Waals surface area contributed by atoms with E-state index in [-0.39, 0.29) is 0 Å². The molecule has 6 heteroatoms. The molecule has 110 valence electrons. The first kappa shape index (κ1) is 14.7. The predicted molar refractivity (Wildman–Crippen MR) is 66.1 cm³/mol. The van der Waals surface area contributed by atoms with E-state index in [1.165, 1.54) is 0 Å². The van der Waals surface area contributed by atoms with Crippen molar-refractivity contribution in [2.75, 3.05) is 6.61 Å². The average Bonchev–Trinajstić information content (AvgIpc) is 2.77. The minimum absolute atomic E-state index is 0.401. The molecule has 0 aromatic carbocycles. The summed E-state index contributed by atoms with van der Waals surface area (Å²) in [5.74, 6) is -0.739. The predicted octanol–water partition coefficient (Wildman–Crippen LogP) is 0.525. The number of hydrogen-bond donors (Lipinski definition) is 2. The van der Waals surface area contributed by atoms with Crippen LogP contribution in [-0.2, 0) is 18.9 Å². The van der Waals surface area contributed by atoms with Crippen molar-refractivity contribution < 1.29 is 29.2 Å². The molecule has 2 fully saturated rings. The van der Waals surface area contributed by atoms with Gasteiger partial charge in [-0.1, -0.05) is 0 Å². The van der Waals surface area contributed by atoms with Crippen LogP contribution in [0.1, 0.15) is 27.7 Å². The Labute approximate surface area is 112 Å². The number of rotatable bonds is 4. The van der Waals surface area contributed by atoms with Gasteiger partial charge in [-0.25, -0.2) is 0 Å². The van der Waals surface area contributed by atoms with Crippen molar-refractivity contribution in [2.45, 2.75) is 64.2 Å². The Bertz CT molecular complexity index is 349. The molecule has 2 aliphatic rings. The van der Waals surface area contributed by atoms with Crippen LogP contribution in [0.3, 0.4) is 0 Å². The van der Waals surface area contributed by atoms with Crippen LogP contribution >= 0.6 is 0 Å². The molecular formula is C13H22O6. The standard InChI is InChI=1S/C13H22O6/c1-7(2)6-16-10-9(8(15)5-14)17-12-11(10)18-13(3,4)19-12/h6,8-12,14-15H,5H2,1-4H3/t8-,9-,10+,11-,12-/m1/s1. The van der Waals surface area contributed by atoms with Gasteiger partial charge in [0.1, 0.15) is 12.2 Å². The van der Waals surface area contributed by atoms with Gasteiger partial charge in [0.05, 0.1) is 12.9 Å². The summed E-state index contributed by atoms with van der Waals surface area (Å²) >= 11 is 0. The highest BCUT2D eigenvalue weighted by Crippen LogP contribution is 2.39. The number of ether oxygens (including phenoxy) is 4. The van der Waals surface area contributed by atoms with Crippen LogP contribution in [0.25, 0.3) is 0 Å². The second-order valence-electron chi connectivity index (χ2n) is 5.62. The van der Waals surface area contributed by atoms with E-state index in [9.17, 15) is 5.11 Å². The molecule has 0 aliphatic carbocycles. The van der Waals surface area contributed by atoms with Gasteiger partial charge in [-0.15, -0.1) is 0 Å². The molecule has 2 heterocycles. The van der Waals surface area contributed by atoms with Crippen LogP contribution < -0.4 is 0 Å². The lowest BCUT2D eigenvalue weighted by molar-refractivity contribution is -0.227. The van der Waals surface area contributed by atoms with E-state index in [1.807, 2.05) is 13.8 Å². The lowest BCUT2D eigenvalue weighted by Crippen LogP contribution is -2.43. The molecule has 6 nitrogen and oxygen atoms in total. The van der Waals surface area contributed by atoms with Gasteiger partial charge in [0.2, 0.25) is 0 Å². The number of fused-ring (bicyclic) bond motifs is 1. The Hall–Kier alpha value is -0.660. The third-order valence-corrected chi connectivity index (χ3v) is 3.05. The molecule has 2 rings (SSSR count). The summed E-state index contributed by atoms with van der Waals surface area (Å²) in [6.45, 7) is 7.00. The number of aliphatic hydroxyl groups is 2. The van der Waals surface area contributed by atoms with Gasteiger partial charge in [0, 0.05) is 0 Å². The second-order valence-corrected chi connectivity index (χ2v) is 5.62. The molecule has 2 aliphatic heterocycles. The first-order chi connectivity index (χ1) is 8.84. The molecule has 0 amide bonds. The summed E-state index contributed by atoms with van der Waals surface area (Å²) in [5.41, 5.74) is 0.985. The van der Waals surface area contributed by atoms with Gasteiger partial charge in [-0.2, -0.15) is 0 Å². The highest BCUT2D eigenvalue weighted by Gasteiger charge is 2.57. The van der Waals surface area contributed by atoms with Crippen LogP contribution in [0.4, 0.5) is 0 Å². The largest absolute Gasteiger partial charge is 0.492 e. The molecule has 0 radical (unpaired) electrons. The summed E-state index contributed by atoms with van der Waals surface area (Å²) in [5, 5.41) is 18.9. The zero-order chi connectivity index (χ0) is 14.2. The minimum Gasteiger partial charge on any atom is -0.492 e. The normalized spacial score (nSPS) is 37.8. The van der Waals surface area contributed by atoms with Crippen molar-refractivity contribution in [3.63, 3.8) is 0 Å². The number of allylic oxidation sites excluding steroid dienone is 1. The zero-order valence-corrected chi connectivity index (χ0v) is 11.7. The Morgan fingerprint density at radius 2 is 2.05 bits per heavy atom. The van der Waals surface area contributed by atoms with Crippen LogP contribution in [-0.4, -0.2) is 53.3 Å². The minimum atomic E-state index is -1.03. The molecule has 2 saturated heterocycles. The van der Waals surface area contributed by atoms with E-state index < -0.39 is 43.1 Å². The maximum absolute atomic E-state index is 9.79. The molecule has 0 spiro atoms. The number of aliphatic hydroxyl groups excluding tert-OH is 2. The van der Waals surface area contributed by atoms with Crippen LogP contribution in [0.2, 0.25) is 0 Å². The molecule has 0 aromatic rings. The van der Waals surface area contributed by atoms with E-state index >= 15 is 0 Å². The van der Waals surface area contributed by atoms with Gasteiger partial charge < -0.3 is 29.2 Å². The fourth-order valence-electron chi connectivity index (χ4n) is 2.29. The maximum atomic E-state index is 9.79. The summed E-state index contributed by atoms with van der Waals surface area (Å²) in [6.07, 6.45) is -1.62. The molecule has 2 N–H and O–H groups in total. The van der Waals surface area contributed by atoms with Gasteiger partial charge in [0.15, 0.2) is 24.3 Å². The van der Waals surface area contributed by atoms with Gasteiger partial charge in [-0.3, -0.25) is 0 Å². The van der Waals surface area contributed by atoms with E-state index in [4.69, 9.17) is 24.1 Å². The lowest BCUT2D eigenvalue weighted by Gasteiger charge is -2.27. The van der Waals surface area contributed by atoms with Crippen molar-refractivity contribution in [1.82, 2.24) is 0 Å². The van der Waals surface area contributed by atoms with Gasteiger partial charge in [0.25, 0.3) is 0 Å². The van der Waals surface area contributed by atoms with Crippen LogP contribution in [0.15, 0.2) is 11.8 Å². The third kappa shape index (κ3) is 3.09. The average molecular weight is 274 g/mol. The monoisotopic (exact) mass is 274 g/mol. The summed E-state index contributed by atoms with van der Waals surface area (Å²) < 4.78 is 22.6. The first-order valence-electron chi connectivity index (χ1n) is 6.43. The zero-order valence-electron chi connectivity index (χ0n) is 11.7. The van der Waals surface area contributed by atoms with E-state index in [2.05, 4.69) is 0 Å². The van der Waals surface area contributed by atoms with Crippen LogP contribution in [0, 0.1) is 0 Å². The Morgan fingerprint density at radius 3 is 2.63 bits per heavy atom. The van der Waals surface area contributed by atoms with E-state index in [0.717, 1.165) is 5.57 Å². The molecule has 0 aromatic heterocycles. The fraction of sp³-hybridized carbons (Fsp3) is 0.846. The van der Waals surface area contributed by atoms with Crippen molar-refractivity contribution in [2.24, 2.45) is 0 Å². The lowest BCUT2D eigenvalue weighted by atomic mass is 10.1. The first-order valence-corrected chi connectivity index (χ1v) is 6.43. The molecular weight excluding hydrogens is 252 g/mol. The van der Waals surface area contributed by atoms with Gasteiger partial charge >= 0.3 is 0 Å². The smallest absolute Gasteiger partial charge is 0.191 e. The quantitative estimate of drug-likeness (QED) is 0.728. The molecule has 0 saturated carbocycles.